The lowest BCUT2D eigenvalue weighted by molar-refractivity contribution is 0.386. The molecule has 6 heteroatoms. The lowest BCUT2D eigenvalue weighted by Gasteiger charge is -2.26. The van der Waals surface area contributed by atoms with Gasteiger partial charge in [-0.05, 0) is 24.3 Å². The average molecular weight is 354 g/mol. The number of aromatic hydroxyl groups is 2. The van der Waals surface area contributed by atoms with Crippen molar-refractivity contribution in [1.82, 2.24) is 0 Å². The number of benzene rings is 2. The smallest absolute Gasteiger partial charge is 0.139 e. The Labute approximate surface area is 152 Å². The normalized spacial score (nSPS) is 13.7. The van der Waals surface area contributed by atoms with Crippen LogP contribution in [0.1, 0.15) is 11.1 Å². The predicted octanol–water partition coefficient (Wildman–Crippen LogP) is 3.48. The summed E-state index contributed by atoms with van der Waals surface area (Å²) in [5.74, 6) is -0.419. The fraction of sp³-hybridized carbons (Fsp3) is 0.200. The molecule has 2 aromatic rings. The Morgan fingerprint density at radius 3 is 1.19 bits per heavy atom. The minimum absolute atomic E-state index is 0.0458. The van der Waals surface area contributed by atoms with Crippen molar-refractivity contribution in [3.63, 3.8) is 0 Å². The van der Waals surface area contributed by atoms with E-state index in [9.17, 15) is 20.4 Å². The Kier molecular flexibility index (Phi) is 4.20. The van der Waals surface area contributed by atoms with E-state index in [1.807, 2.05) is 38.0 Å². The van der Waals surface area contributed by atoms with Gasteiger partial charge in [-0.3, -0.25) is 0 Å². The topological polar surface area (TPSA) is 87.4 Å². The molecule has 3 rings (SSSR count). The molecule has 0 spiro atoms. The van der Waals surface area contributed by atoms with Gasteiger partial charge in [-0.2, -0.15) is 0 Å². The van der Waals surface area contributed by atoms with Crippen LogP contribution in [0.5, 0.6) is 11.5 Å². The summed E-state index contributed by atoms with van der Waals surface area (Å²) >= 11 is 0. The lowest BCUT2D eigenvalue weighted by Crippen LogP contribution is -2.13. The number of phenolic OH excluding ortho intramolecular Hbond substituents is 2. The zero-order valence-corrected chi connectivity index (χ0v) is 15.1. The number of hydrogen-bond acceptors (Lipinski definition) is 6. The van der Waals surface area contributed by atoms with E-state index >= 15 is 0 Å². The molecule has 136 valence electrons. The summed E-state index contributed by atoms with van der Waals surface area (Å²) in [5.41, 5.74) is 2.59. The average Bonchev–Trinajstić information content (AvgIpc) is 2.58. The Balaban J connectivity index is 1.99. The van der Waals surface area contributed by atoms with Crippen LogP contribution in [0.2, 0.25) is 0 Å². The van der Waals surface area contributed by atoms with E-state index in [1.165, 1.54) is 0 Å². The van der Waals surface area contributed by atoms with Crippen LogP contribution in [-0.2, 0) is 0 Å². The van der Waals surface area contributed by atoms with Gasteiger partial charge in [-0.25, -0.2) is 0 Å². The van der Waals surface area contributed by atoms with E-state index in [0.717, 1.165) is 11.4 Å². The second-order valence-corrected chi connectivity index (χ2v) is 6.64. The van der Waals surface area contributed by atoms with Crippen molar-refractivity contribution in [1.29, 1.82) is 0 Å². The Hall–Kier alpha value is -3.28. The molecule has 0 radical (unpaired) electrons. The van der Waals surface area contributed by atoms with Gasteiger partial charge in [0.05, 0.1) is 11.1 Å². The molecule has 2 aromatic carbocycles. The van der Waals surface area contributed by atoms with E-state index < -0.39 is 0 Å². The molecule has 4 N–H and O–H groups in total. The van der Waals surface area contributed by atoms with E-state index in [4.69, 9.17) is 0 Å². The lowest BCUT2D eigenvalue weighted by atomic mass is 9.83. The molecule has 0 saturated heterocycles. The molecule has 0 heterocycles. The molecule has 0 unspecified atom stereocenters. The van der Waals surface area contributed by atoms with E-state index in [2.05, 4.69) is 0 Å². The first kappa shape index (κ1) is 17.5. The number of anilines is 2. The molecule has 0 aromatic heterocycles. The van der Waals surface area contributed by atoms with Crippen molar-refractivity contribution in [3.05, 3.63) is 59.0 Å². The van der Waals surface area contributed by atoms with Crippen molar-refractivity contribution in [2.24, 2.45) is 0 Å². The Bertz CT molecular complexity index is 854. The first-order valence-corrected chi connectivity index (χ1v) is 8.11. The molecule has 6 nitrogen and oxygen atoms in total. The summed E-state index contributed by atoms with van der Waals surface area (Å²) in [6, 6.07) is 9.96. The van der Waals surface area contributed by atoms with Crippen molar-refractivity contribution in [3.8, 4) is 11.5 Å². The monoisotopic (exact) mass is 354 g/mol. The van der Waals surface area contributed by atoms with Crippen molar-refractivity contribution < 1.29 is 20.4 Å². The predicted molar refractivity (Wildman–Crippen MR) is 104 cm³/mol. The van der Waals surface area contributed by atoms with E-state index in [1.54, 1.807) is 36.4 Å². The number of nitrogens with zero attached hydrogens (tertiary/aromatic N) is 2. The third-order valence-corrected chi connectivity index (χ3v) is 4.48. The summed E-state index contributed by atoms with van der Waals surface area (Å²) in [6.07, 6.45) is 0. The highest BCUT2D eigenvalue weighted by atomic mass is 16.3. The summed E-state index contributed by atoms with van der Waals surface area (Å²) in [7, 11) is 7.41. The zero-order chi connectivity index (χ0) is 19.2. The maximum Gasteiger partial charge on any atom is 0.139 e. The van der Waals surface area contributed by atoms with Gasteiger partial charge in [0.2, 0.25) is 0 Å². The molecular weight excluding hydrogens is 332 g/mol. The zero-order valence-electron chi connectivity index (χ0n) is 15.1. The third-order valence-electron chi connectivity index (χ3n) is 4.48. The molecule has 1 aliphatic rings. The molecule has 0 fully saturated rings. The molecule has 0 saturated carbocycles. The second-order valence-electron chi connectivity index (χ2n) is 6.64. The second kappa shape index (κ2) is 6.22. The van der Waals surface area contributed by atoms with E-state index in [-0.39, 0.29) is 34.2 Å². The highest BCUT2D eigenvalue weighted by Gasteiger charge is 2.34. The first-order valence-electron chi connectivity index (χ1n) is 8.11. The van der Waals surface area contributed by atoms with Gasteiger partial charge in [-0.1, -0.05) is 0 Å². The standard InChI is InChI=1S/C20H22N2O4/c1-21(2)11-5-7-13(15(23)9-11)17-19(25)18(20(17)26)14-8-6-12(22(3)4)10-16(14)24/h5-10,23-26H,1-4H3. The van der Waals surface area contributed by atoms with Crippen molar-refractivity contribution in [2.75, 3.05) is 38.0 Å². The SMILES string of the molecule is CN(C)c1ccc(C2=C(O)C(c3ccc(N(C)C)cc3O)=C2O)c(O)c1. The number of rotatable bonds is 4. The first-order chi connectivity index (χ1) is 12.2. The Morgan fingerprint density at radius 2 is 0.923 bits per heavy atom. The van der Waals surface area contributed by atoms with Crippen LogP contribution in [0.15, 0.2) is 47.9 Å². The summed E-state index contributed by atoms with van der Waals surface area (Å²) < 4.78 is 0. The number of phenols is 2. The van der Waals surface area contributed by atoms with Gasteiger partial charge in [0.15, 0.2) is 0 Å². The Morgan fingerprint density at radius 1 is 0.577 bits per heavy atom. The number of aliphatic hydroxyl groups is 2. The highest BCUT2D eigenvalue weighted by Crippen LogP contribution is 2.49. The van der Waals surface area contributed by atoms with Gasteiger partial charge in [0.1, 0.15) is 23.0 Å². The minimum Gasteiger partial charge on any atom is -0.507 e. The molecular formula is C20H22N2O4. The fourth-order valence-electron chi connectivity index (χ4n) is 2.94. The van der Waals surface area contributed by atoms with Gasteiger partial charge in [0, 0.05) is 62.8 Å². The maximum absolute atomic E-state index is 10.5. The minimum atomic E-state index is -0.164. The molecule has 0 aliphatic heterocycles. The molecule has 1 aliphatic carbocycles. The van der Waals surface area contributed by atoms with Crippen molar-refractivity contribution in [2.45, 2.75) is 0 Å². The summed E-state index contributed by atoms with van der Waals surface area (Å²) in [4.78, 5) is 3.67. The molecule has 0 atom stereocenters. The van der Waals surface area contributed by atoms with Gasteiger partial charge in [0.25, 0.3) is 0 Å². The summed E-state index contributed by atoms with van der Waals surface area (Å²) in [5, 5.41) is 41.5. The van der Waals surface area contributed by atoms with Crippen LogP contribution in [0.3, 0.4) is 0 Å². The summed E-state index contributed by atoms with van der Waals surface area (Å²) in [6.45, 7) is 0. The van der Waals surface area contributed by atoms with Crippen LogP contribution < -0.4 is 9.80 Å². The van der Waals surface area contributed by atoms with Gasteiger partial charge < -0.3 is 30.2 Å². The van der Waals surface area contributed by atoms with Gasteiger partial charge in [-0.15, -0.1) is 0 Å². The fourth-order valence-corrected chi connectivity index (χ4v) is 2.94. The largest absolute Gasteiger partial charge is 0.507 e. The number of aliphatic hydroxyl groups excluding tert-OH is 2. The maximum atomic E-state index is 10.5. The highest BCUT2D eigenvalue weighted by molar-refractivity contribution is 6.08. The van der Waals surface area contributed by atoms with Crippen molar-refractivity contribution >= 4 is 22.5 Å². The number of hydrogen-bond donors (Lipinski definition) is 4. The quantitative estimate of drug-likeness (QED) is 0.672. The third kappa shape index (κ3) is 2.69. The van der Waals surface area contributed by atoms with Gasteiger partial charge >= 0.3 is 0 Å². The van der Waals surface area contributed by atoms with Crippen LogP contribution in [0.4, 0.5) is 11.4 Å². The van der Waals surface area contributed by atoms with Crippen LogP contribution >= 0.6 is 0 Å². The molecule has 0 amide bonds. The molecule has 0 bridgehead atoms. The van der Waals surface area contributed by atoms with Crippen LogP contribution in [0, 0.1) is 0 Å². The number of allylic oxidation sites excluding steroid dienone is 2. The molecule has 26 heavy (non-hydrogen) atoms. The van der Waals surface area contributed by atoms with Crippen LogP contribution in [0.25, 0.3) is 11.1 Å². The van der Waals surface area contributed by atoms with E-state index in [0.29, 0.717) is 11.1 Å². The van der Waals surface area contributed by atoms with Crippen LogP contribution in [-0.4, -0.2) is 48.6 Å².